The lowest BCUT2D eigenvalue weighted by atomic mass is 10.2. The van der Waals surface area contributed by atoms with Crippen molar-refractivity contribution < 1.29 is 46.9 Å². The highest BCUT2D eigenvalue weighted by Crippen LogP contribution is 2.19. The van der Waals surface area contributed by atoms with E-state index >= 15 is 0 Å². The lowest BCUT2D eigenvalue weighted by molar-refractivity contribution is 0.0680. The Kier molecular flexibility index (Phi) is 5.82. The van der Waals surface area contributed by atoms with Gasteiger partial charge >= 0.3 is 11.9 Å². The zero-order valence-electron chi connectivity index (χ0n) is 11.4. The lowest BCUT2D eigenvalue weighted by Gasteiger charge is -1.98. The third-order valence-corrected chi connectivity index (χ3v) is 2.51. The van der Waals surface area contributed by atoms with Gasteiger partial charge in [0.1, 0.15) is 11.6 Å². The molecule has 0 atom stereocenters. The highest BCUT2D eigenvalue weighted by atomic mass is 19.2. The molecular formula is C14H7F5O5. The van der Waals surface area contributed by atoms with E-state index in [0.29, 0.717) is 18.2 Å². The Hall–Kier alpha value is -3.17. The summed E-state index contributed by atoms with van der Waals surface area (Å²) in [6.45, 7) is 0. The first-order valence-electron chi connectivity index (χ1n) is 5.83. The molecule has 2 rings (SSSR count). The predicted octanol–water partition coefficient (Wildman–Crippen LogP) is 3.17. The smallest absolute Gasteiger partial charge is 0.338 e. The van der Waals surface area contributed by atoms with E-state index in [1.54, 1.807) is 0 Å². The largest absolute Gasteiger partial charge is 0.505 e. The first-order chi connectivity index (χ1) is 11.0. The van der Waals surface area contributed by atoms with Gasteiger partial charge in [0, 0.05) is 12.1 Å². The zero-order chi connectivity index (χ0) is 18.6. The number of phenols is 1. The molecule has 2 aromatic rings. The van der Waals surface area contributed by atoms with E-state index in [1.165, 1.54) is 0 Å². The SMILES string of the molecule is O=C(O)c1cc(F)c(F)cc1F.O=C(O)c1cc(F)c(O)cc1F. The van der Waals surface area contributed by atoms with Crippen molar-refractivity contribution in [1.29, 1.82) is 0 Å². The van der Waals surface area contributed by atoms with E-state index in [-0.39, 0.29) is 6.07 Å². The van der Waals surface area contributed by atoms with Crippen molar-refractivity contribution in [2.75, 3.05) is 0 Å². The van der Waals surface area contributed by atoms with E-state index in [2.05, 4.69) is 0 Å². The predicted molar refractivity (Wildman–Crippen MR) is 68.3 cm³/mol. The molecule has 0 aliphatic rings. The van der Waals surface area contributed by atoms with Crippen LogP contribution in [0.1, 0.15) is 20.7 Å². The molecule has 0 saturated heterocycles. The second-order valence-corrected chi connectivity index (χ2v) is 4.14. The highest BCUT2D eigenvalue weighted by Gasteiger charge is 2.15. The van der Waals surface area contributed by atoms with Crippen molar-refractivity contribution in [1.82, 2.24) is 0 Å². The summed E-state index contributed by atoms with van der Waals surface area (Å²) in [5.74, 6) is -10.5. The van der Waals surface area contributed by atoms with Crippen molar-refractivity contribution in [3.8, 4) is 5.75 Å². The number of aromatic carboxylic acids is 2. The highest BCUT2D eigenvalue weighted by molar-refractivity contribution is 5.88. The number of carboxylic acid groups (broad SMARTS) is 2. The van der Waals surface area contributed by atoms with Gasteiger partial charge in [0.25, 0.3) is 0 Å². The number of hydrogen-bond donors (Lipinski definition) is 3. The fourth-order valence-electron chi connectivity index (χ4n) is 1.39. The van der Waals surface area contributed by atoms with Gasteiger partial charge in [0.15, 0.2) is 23.2 Å². The molecule has 3 N–H and O–H groups in total. The summed E-state index contributed by atoms with van der Waals surface area (Å²) in [6.07, 6.45) is 0. The van der Waals surface area contributed by atoms with E-state index in [1.807, 2.05) is 0 Å². The molecule has 128 valence electrons. The maximum absolute atomic E-state index is 12.6. The first kappa shape index (κ1) is 18.9. The summed E-state index contributed by atoms with van der Waals surface area (Å²) >= 11 is 0. The molecule has 0 fully saturated rings. The fraction of sp³-hybridized carbons (Fsp3) is 0. The average Bonchev–Trinajstić information content (AvgIpc) is 2.46. The number of carboxylic acids is 2. The minimum absolute atomic E-state index is 0.193. The number of halogens is 5. The molecule has 24 heavy (non-hydrogen) atoms. The van der Waals surface area contributed by atoms with Gasteiger partial charge < -0.3 is 15.3 Å². The van der Waals surface area contributed by atoms with Crippen LogP contribution >= 0.6 is 0 Å². The Labute approximate surface area is 130 Å². The van der Waals surface area contributed by atoms with E-state index in [4.69, 9.17) is 15.3 Å². The minimum Gasteiger partial charge on any atom is -0.505 e. The fourth-order valence-corrected chi connectivity index (χ4v) is 1.39. The van der Waals surface area contributed by atoms with Crippen molar-refractivity contribution in [3.63, 3.8) is 0 Å². The number of aromatic hydroxyl groups is 1. The van der Waals surface area contributed by atoms with Crippen LogP contribution in [0, 0.1) is 29.1 Å². The molecule has 5 nitrogen and oxygen atoms in total. The number of rotatable bonds is 2. The standard InChI is InChI=1S/C7H3F3O2.C7H4F2O3/c2*8-4-2-6(10)5(9)1-3(4)7(11)12/h1-2H,(H,11,12);1-2,10H,(H,11,12). The van der Waals surface area contributed by atoms with Crippen molar-refractivity contribution >= 4 is 11.9 Å². The van der Waals surface area contributed by atoms with E-state index in [0.717, 1.165) is 0 Å². The van der Waals surface area contributed by atoms with Crippen LogP contribution in [-0.2, 0) is 0 Å². The lowest BCUT2D eigenvalue weighted by Crippen LogP contribution is -2.02. The van der Waals surface area contributed by atoms with Gasteiger partial charge in [0.05, 0.1) is 11.1 Å². The van der Waals surface area contributed by atoms with Crippen molar-refractivity contribution in [2.24, 2.45) is 0 Å². The molecule has 0 saturated carbocycles. The van der Waals surface area contributed by atoms with Gasteiger partial charge in [-0.2, -0.15) is 0 Å². The Morgan fingerprint density at radius 2 is 1.00 bits per heavy atom. The van der Waals surface area contributed by atoms with Crippen molar-refractivity contribution in [3.05, 3.63) is 64.5 Å². The quantitative estimate of drug-likeness (QED) is 0.571. The molecular weight excluding hydrogens is 343 g/mol. The van der Waals surface area contributed by atoms with Gasteiger partial charge in [-0.25, -0.2) is 31.5 Å². The molecule has 0 heterocycles. The number of carbonyl (C=O) groups is 2. The normalized spacial score (nSPS) is 9.88. The molecule has 10 heteroatoms. The van der Waals surface area contributed by atoms with Gasteiger partial charge in [-0.1, -0.05) is 0 Å². The summed E-state index contributed by atoms with van der Waals surface area (Å²) in [7, 11) is 0. The van der Waals surface area contributed by atoms with Crippen LogP contribution in [-0.4, -0.2) is 27.3 Å². The number of hydrogen-bond acceptors (Lipinski definition) is 3. The minimum atomic E-state index is -1.63. The van der Waals surface area contributed by atoms with Gasteiger partial charge in [-0.15, -0.1) is 0 Å². The Bertz CT molecular complexity index is 739. The monoisotopic (exact) mass is 350 g/mol. The van der Waals surface area contributed by atoms with Gasteiger partial charge in [-0.3, -0.25) is 0 Å². The molecule has 0 aromatic heterocycles. The van der Waals surface area contributed by atoms with Crippen LogP contribution in [0.5, 0.6) is 5.75 Å². The molecule has 0 bridgehead atoms. The summed E-state index contributed by atoms with van der Waals surface area (Å²) in [5.41, 5.74) is -1.68. The summed E-state index contributed by atoms with van der Waals surface area (Å²) in [5, 5.41) is 25.1. The van der Waals surface area contributed by atoms with Crippen molar-refractivity contribution in [2.45, 2.75) is 0 Å². The average molecular weight is 350 g/mol. The van der Waals surface area contributed by atoms with Gasteiger partial charge in [-0.05, 0) is 12.1 Å². The molecule has 0 aliphatic heterocycles. The molecule has 0 amide bonds. The topological polar surface area (TPSA) is 94.8 Å². The maximum atomic E-state index is 12.6. The Morgan fingerprint density at radius 1 is 0.625 bits per heavy atom. The third-order valence-electron chi connectivity index (χ3n) is 2.51. The Morgan fingerprint density at radius 3 is 1.46 bits per heavy atom. The van der Waals surface area contributed by atoms with Gasteiger partial charge in [0.2, 0.25) is 0 Å². The van der Waals surface area contributed by atoms with E-state index in [9.17, 15) is 31.5 Å². The number of phenolic OH excluding ortho intramolecular Hbond substituents is 1. The zero-order valence-corrected chi connectivity index (χ0v) is 11.4. The van der Waals surface area contributed by atoms with Crippen LogP contribution in [0.3, 0.4) is 0 Å². The molecule has 2 aromatic carbocycles. The van der Waals surface area contributed by atoms with Crippen LogP contribution in [0.2, 0.25) is 0 Å². The molecule has 0 aliphatic carbocycles. The second-order valence-electron chi connectivity index (χ2n) is 4.14. The maximum Gasteiger partial charge on any atom is 0.338 e. The van der Waals surface area contributed by atoms with Crippen LogP contribution in [0.25, 0.3) is 0 Å². The Balaban J connectivity index is 0.000000240. The molecule has 0 spiro atoms. The van der Waals surface area contributed by atoms with Crippen LogP contribution < -0.4 is 0 Å². The molecule has 0 radical (unpaired) electrons. The third kappa shape index (κ3) is 4.41. The number of benzene rings is 2. The second kappa shape index (κ2) is 7.40. The van der Waals surface area contributed by atoms with Crippen LogP contribution in [0.15, 0.2) is 24.3 Å². The first-order valence-corrected chi connectivity index (χ1v) is 5.83. The summed E-state index contributed by atoms with van der Waals surface area (Å²) in [6, 6.07) is 1.33. The van der Waals surface area contributed by atoms with Crippen LogP contribution in [0.4, 0.5) is 22.0 Å². The summed E-state index contributed by atoms with van der Waals surface area (Å²) < 4.78 is 62.0. The van der Waals surface area contributed by atoms with E-state index < -0.39 is 57.9 Å². The summed E-state index contributed by atoms with van der Waals surface area (Å²) in [4.78, 5) is 20.4. The molecule has 0 unspecified atom stereocenters.